The van der Waals surface area contributed by atoms with Crippen molar-refractivity contribution in [3.8, 4) is 0 Å². The molecule has 0 atom stereocenters. The molecular formula is C15H19N3OS. The molecule has 5 heteroatoms. The topological polar surface area (TPSA) is 54.0 Å². The highest BCUT2D eigenvalue weighted by atomic mass is 32.1. The van der Waals surface area contributed by atoms with Crippen molar-refractivity contribution >= 4 is 32.6 Å². The zero-order valence-corrected chi connectivity index (χ0v) is 12.4. The number of nitrogens with one attached hydrogen (secondary N) is 2. The number of aromatic nitrogens is 1. The van der Waals surface area contributed by atoms with Crippen LogP contribution in [-0.2, 0) is 4.79 Å². The molecule has 1 amide bonds. The number of hydrogen-bond donors (Lipinski definition) is 2. The Balaban J connectivity index is 1.80. The lowest BCUT2D eigenvalue weighted by molar-refractivity contribution is -0.127. The summed E-state index contributed by atoms with van der Waals surface area (Å²) in [6.45, 7) is 3.94. The zero-order chi connectivity index (χ0) is 14.0. The minimum Gasteiger partial charge on any atom is -0.317 e. The van der Waals surface area contributed by atoms with E-state index in [1.807, 2.05) is 24.3 Å². The number of hydrogen-bond acceptors (Lipinski definition) is 4. The summed E-state index contributed by atoms with van der Waals surface area (Å²) in [5, 5.41) is 7.07. The molecule has 1 saturated heterocycles. The summed E-state index contributed by atoms with van der Waals surface area (Å²) < 4.78 is 1.11. The lowest BCUT2D eigenvalue weighted by Gasteiger charge is -2.34. The molecule has 0 aliphatic carbocycles. The van der Waals surface area contributed by atoms with Gasteiger partial charge in [0.05, 0.1) is 15.6 Å². The van der Waals surface area contributed by atoms with Crippen molar-refractivity contribution < 1.29 is 4.79 Å². The second-order valence-electron chi connectivity index (χ2n) is 5.32. The van der Waals surface area contributed by atoms with Crippen LogP contribution in [0.5, 0.6) is 0 Å². The predicted molar refractivity (Wildman–Crippen MR) is 83.1 cm³/mol. The quantitative estimate of drug-likeness (QED) is 0.913. The lowest BCUT2D eigenvalue weighted by Crippen LogP contribution is -2.44. The maximum atomic E-state index is 12.6. The number of benzene rings is 1. The first kappa shape index (κ1) is 13.5. The van der Waals surface area contributed by atoms with Crippen LogP contribution >= 0.6 is 11.3 Å². The lowest BCUT2D eigenvalue weighted by atomic mass is 9.76. The smallest absolute Gasteiger partial charge is 0.232 e. The summed E-state index contributed by atoms with van der Waals surface area (Å²) in [6.07, 6.45) is 2.69. The summed E-state index contributed by atoms with van der Waals surface area (Å²) in [5.41, 5.74) is 0.715. The number of piperidine rings is 1. The van der Waals surface area contributed by atoms with Gasteiger partial charge in [-0.05, 0) is 44.5 Å². The molecule has 0 bridgehead atoms. The number of para-hydroxylation sites is 1. The van der Waals surface area contributed by atoms with E-state index in [-0.39, 0.29) is 11.3 Å². The number of carbonyl (C=O) groups is 1. The van der Waals surface area contributed by atoms with E-state index in [0.29, 0.717) is 5.13 Å². The van der Waals surface area contributed by atoms with Crippen molar-refractivity contribution in [3.63, 3.8) is 0 Å². The molecule has 0 unspecified atom stereocenters. The Labute approximate surface area is 122 Å². The Morgan fingerprint density at radius 1 is 1.40 bits per heavy atom. The molecule has 1 aliphatic rings. The van der Waals surface area contributed by atoms with Crippen LogP contribution in [-0.4, -0.2) is 24.0 Å². The van der Waals surface area contributed by atoms with Crippen LogP contribution in [0, 0.1) is 5.41 Å². The summed E-state index contributed by atoms with van der Waals surface area (Å²) >= 11 is 1.54. The molecule has 0 radical (unpaired) electrons. The van der Waals surface area contributed by atoms with Gasteiger partial charge in [0.15, 0.2) is 5.13 Å². The Hall–Kier alpha value is -1.46. The molecule has 1 aliphatic heterocycles. The Morgan fingerprint density at radius 2 is 2.15 bits per heavy atom. The monoisotopic (exact) mass is 289 g/mol. The number of nitrogens with zero attached hydrogens (tertiary/aromatic N) is 1. The maximum Gasteiger partial charge on any atom is 0.232 e. The normalized spacial score (nSPS) is 18.1. The van der Waals surface area contributed by atoms with Gasteiger partial charge in [-0.3, -0.25) is 4.79 Å². The van der Waals surface area contributed by atoms with Gasteiger partial charge in [0.2, 0.25) is 5.91 Å². The first-order valence-corrected chi connectivity index (χ1v) is 7.93. The summed E-state index contributed by atoms with van der Waals surface area (Å²) in [7, 11) is 0. The molecule has 1 aromatic heterocycles. The van der Waals surface area contributed by atoms with E-state index in [0.717, 1.165) is 42.6 Å². The van der Waals surface area contributed by atoms with Crippen LogP contribution in [0.3, 0.4) is 0 Å². The van der Waals surface area contributed by atoms with Crippen LogP contribution < -0.4 is 10.6 Å². The summed E-state index contributed by atoms with van der Waals surface area (Å²) in [5.74, 6) is 0.126. The fraction of sp³-hybridized carbons (Fsp3) is 0.467. The Kier molecular flexibility index (Phi) is 3.72. The minimum absolute atomic E-state index is 0.126. The van der Waals surface area contributed by atoms with Crippen molar-refractivity contribution in [2.75, 3.05) is 18.4 Å². The van der Waals surface area contributed by atoms with Gasteiger partial charge < -0.3 is 10.6 Å². The largest absolute Gasteiger partial charge is 0.317 e. The number of fused-ring (bicyclic) bond motifs is 1. The highest BCUT2D eigenvalue weighted by molar-refractivity contribution is 7.22. The van der Waals surface area contributed by atoms with Gasteiger partial charge >= 0.3 is 0 Å². The van der Waals surface area contributed by atoms with Crippen LogP contribution in [0.25, 0.3) is 10.2 Å². The molecule has 2 heterocycles. The van der Waals surface area contributed by atoms with Crippen molar-refractivity contribution in [2.45, 2.75) is 26.2 Å². The number of carbonyl (C=O) groups excluding carboxylic acids is 1. The predicted octanol–water partition coefficient (Wildman–Crippen LogP) is 3.01. The van der Waals surface area contributed by atoms with Crippen LogP contribution in [0.4, 0.5) is 5.13 Å². The van der Waals surface area contributed by atoms with Crippen LogP contribution in [0.15, 0.2) is 24.3 Å². The molecule has 1 fully saturated rings. The third kappa shape index (κ3) is 2.43. The number of amides is 1. The SMILES string of the molecule is CCC1(C(=O)Nc2nc3ccccc3s2)CCNCC1. The first-order chi connectivity index (χ1) is 9.73. The highest BCUT2D eigenvalue weighted by Crippen LogP contribution is 2.35. The average molecular weight is 289 g/mol. The van der Waals surface area contributed by atoms with E-state index in [1.54, 1.807) is 11.3 Å². The number of rotatable bonds is 3. The third-order valence-electron chi connectivity index (χ3n) is 4.23. The fourth-order valence-electron chi connectivity index (χ4n) is 2.80. The van der Waals surface area contributed by atoms with Gasteiger partial charge in [-0.1, -0.05) is 30.4 Å². The van der Waals surface area contributed by atoms with E-state index >= 15 is 0 Å². The number of anilines is 1. The second kappa shape index (κ2) is 5.50. The van der Waals surface area contributed by atoms with Crippen molar-refractivity contribution in [1.82, 2.24) is 10.3 Å². The zero-order valence-electron chi connectivity index (χ0n) is 11.6. The number of thiazole rings is 1. The first-order valence-electron chi connectivity index (χ1n) is 7.11. The van der Waals surface area contributed by atoms with Gasteiger partial charge in [0.1, 0.15) is 0 Å². The van der Waals surface area contributed by atoms with Crippen LogP contribution in [0.1, 0.15) is 26.2 Å². The van der Waals surface area contributed by atoms with Gasteiger partial charge in [-0.15, -0.1) is 0 Å². The molecule has 1 aromatic carbocycles. The van der Waals surface area contributed by atoms with E-state index in [9.17, 15) is 4.79 Å². The average Bonchev–Trinajstić information content (AvgIpc) is 2.90. The minimum atomic E-state index is -0.233. The molecule has 4 nitrogen and oxygen atoms in total. The Morgan fingerprint density at radius 3 is 2.85 bits per heavy atom. The summed E-state index contributed by atoms with van der Waals surface area (Å²) in [4.78, 5) is 17.1. The molecule has 0 saturated carbocycles. The van der Waals surface area contributed by atoms with E-state index < -0.39 is 0 Å². The molecule has 2 aromatic rings. The van der Waals surface area contributed by atoms with E-state index in [2.05, 4.69) is 22.5 Å². The van der Waals surface area contributed by atoms with Gasteiger partial charge in [-0.25, -0.2) is 4.98 Å². The van der Waals surface area contributed by atoms with Crippen LogP contribution in [0.2, 0.25) is 0 Å². The maximum absolute atomic E-state index is 12.6. The summed E-state index contributed by atoms with van der Waals surface area (Å²) in [6, 6.07) is 7.96. The molecular weight excluding hydrogens is 270 g/mol. The fourth-order valence-corrected chi connectivity index (χ4v) is 3.66. The highest BCUT2D eigenvalue weighted by Gasteiger charge is 2.38. The molecule has 3 rings (SSSR count). The van der Waals surface area contributed by atoms with Gasteiger partial charge in [0, 0.05) is 0 Å². The molecule has 2 N–H and O–H groups in total. The second-order valence-corrected chi connectivity index (χ2v) is 6.36. The van der Waals surface area contributed by atoms with Gasteiger partial charge in [0.25, 0.3) is 0 Å². The third-order valence-corrected chi connectivity index (χ3v) is 5.19. The standard InChI is InChI=1S/C15H19N3OS/c1-2-15(7-9-16-10-8-15)13(19)18-14-17-11-5-3-4-6-12(11)20-14/h3-6,16H,2,7-10H2,1H3,(H,17,18,19). The Bertz CT molecular complexity index is 583. The van der Waals surface area contributed by atoms with Gasteiger partial charge in [-0.2, -0.15) is 0 Å². The van der Waals surface area contributed by atoms with Crippen molar-refractivity contribution in [2.24, 2.45) is 5.41 Å². The van der Waals surface area contributed by atoms with Crippen molar-refractivity contribution in [1.29, 1.82) is 0 Å². The van der Waals surface area contributed by atoms with Crippen molar-refractivity contribution in [3.05, 3.63) is 24.3 Å². The van der Waals surface area contributed by atoms with E-state index in [1.165, 1.54) is 0 Å². The molecule has 0 spiro atoms. The van der Waals surface area contributed by atoms with E-state index in [4.69, 9.17) is 0 Å². The molecule has 106 valence electrons. The molecule has 20 heavy (non-hydrogen) atoms.